The van der Waals surface area contributed by atoms with Gasteiger partial charge in [0.15, 0.2) is 0 Å². The van der Waals surface area contributed by atoms with Crippen molar-refractivity contribution in [2.75, 3.05) is 13.1 Å². The van der Waals surface area contributed by atoms with Crippen molar-refractivity contribution < 1.29 is 14.3 Å². The first kappa shape index (κ1) is 10.1. The third-order valence-corrected chi connectivity index (χ3v) is 2.81. The first-order chi connectivity index (χ1) is 7.18. The molecule has 0 aliphatic carbocycles. The van der Waals surface area contributed by atoms with Gasteiger partial charge in [-0.3, -0.25) is 4.79 Å². The molecular formula is C11H12FNO2. The van der Waals surface area contributed by atoms with Gasteiger partial charge in [-0.1, -0.05) is 12.1 Å². The van der Waals surface area contributed by atoms with Crippen LogP contribution in [0.4, 0.5) is 4.39 Å². The lowest BCUT2D eigenvalue weighted by molar-refractivity contribution is -0.141. The number of benzene rings is 1. The number of carbonyl (C=O) groups is 1. The maximum absolute atomic E-state index is 13.0. The summed E-state index contributed by atoms with van der Waals surface area (Å²) in [7, 11) is 0. The summed E-state index contributed by atoms with van der Waals surface area (Å²) in [6.45, 7) is 1.05. The van der Waals surface area contributed by atoms with Crippen LogP contribution in [0.1, 0.15) is 11.5 Å². The molecule has 1 aromatic rings. The summed E-state index contributed by atoms with van der Waals surface area (Å²) in [5.74, 6) is -1.72. The van der Waals surface area contributed by atoms with E-state index in [1.54, 1.807) is 12.1 Å². The highest BCUT2D eigenvalue weighted by atomic mass is 19.1. The van der Waals surface area contributed by atoms with Gasteiger partial charge in [0.05, 0.1) is 5.92 Å². The molecule has 1 aromatic carbocycles. The molecule has 4 heteroatoms. The van der Waals surface area contributed by atoms with Crippen LogP contribution in [-0.4, -0.2) is 24.2 Å². The lowest BCUT2D eigenvalue weighted by Crippen LogP contribution is -2.21. The summed E-state index contributed by atoms with van der Waals surface area (Å²) < 4.78 is 13.0. The minimum atomic E-state index is -0.825. The molecule has 80 valence electrons. The van der Waals surface area contributed by atoms with Crippen LogP contribution in [0.5, 0.6) is 0 Å². The summed E-state index contributed by atoms with van der Waals surface area (Å²) >= 11 is 0. The number of hydrogen-bond acceptors (Lipinski definition) is 2. The smallest absolute Gasteiger partial charge is 0.308 e. The molecule has 2 N–H and O–H groups in total. The van der Waals surface area contributed by atoms with Gasteiger partial charge in [0.2, 0.25) is 0 Å². The summed E-state index contributed by atoms with van der Waals surface area (Å²) in [6, 6.07) is 6.16. The van der Waals surface area contributed by atoms with Gasteiger partial charge >= 0.3 is 5.97 Å². The van der Waals surface area contributed by atoms with Gasteiger partial charge in [-0.2, -0.15) is 0 Å². The Bertz CT molecular complexity index is 381. The molecule has 0 radical (unpaired) electrons. The first-order valence-electron chi connectivity index (χ1n) is 4.87. The SMILES string of the molecule is O=C(O)[C@H]1CNC[C@@H]1c1cccc(F)c1. The van der Waals surface area contributed by atoms with E-state index in [2.05, 4.69) is 5.32 Å². The zero-order valence-corrected chi connectivity index (χ0v) is 8.11. The second kappa shape index (κ2) is 3.98. The quantitative estimate of drug-likeness (QED) is 0.769. The van der Waals surface area contributed by atoms with E-state index in [0.717, 1.165) is 5.56 Å². The summed E-state index contributed by atoms with van der Waals surface area (Å²) in [5.41, 5.74) is 0.757. The number of carboxylic acid groups (broad SMARTS) is 1. The first-order valence-corrected chi connectivity index (χ1v) is 4.87. The molecule has 3 nitrogen and oxygen atoms in total. The third-order valence-electron chi connectivity index (χ3n) is 2.81. The van der Waals surface area contributed by atoms with Crippen LogP contribution in [0.15, 0.2) is 24.3 Å². The lowest BCUT2D eigenvalue weighted by atomic mass is 9.89. The highest BCUT2D eigenvalue weighted by Gasteiger charge is 2.33. The van der Waals surface area contributed by atoms with Gasteiger partial charge in [0, 0.05) is 19.0 Å². The predicted octanol–water partition coefficient (Wildman–Crippen LogP) is 1.21. The Morgan fingerprint density at radius 3 is 2.93 bits per heavy atom. The van der Waals surface area contributed by atoms with Gasteiger partial charge in [-0.15, -0.1) is 0 Å². The fourth-order valence-electron chi connectivity index (χ4n) is 2.03. The van der Waals surface area contributed by atoms with Crippen LogP contribution in [0.2, 0.25) is 0 Å². The van der Waals surface area contributed by atoms with Crippen molar-refractivity contribution in [3.63, 3.8) is 0 Å². The number of rotatable bonds is 2. The van der Waals surface area contributed by atoms with E-state index >= 15 is 0 Å². The maximum Gasteiger partial charge on any atom is 0.308 e. The van der Waals surface area contributed by atoms with Crippen molar-refractivity contribution in [3.05, 3.63) is 35.6 Å². The Balaban J connectivity index is 2.26. The molecule has 1 aliphatic rings. The molecule has 2 atom stereocenters. The monoisotopic (exact) mass is 209 g/mol. The Morgan fingerprint density at radius 1 is 1.47 bits per heavy atom. The number of nitrogens with one attached hydrogen (secondary N) is 1. The standard InChI is InChI=1S/C11H12FNO2/c12-8-3-1-2-7(4-8)9-5-13-6-10(9)11(14)15/h1-4,9-10,13H,5-6H2,(H,14,15)/t9-,10+/m1/s1. The van der Waals surface area contributed by atoms with Gasteiger partial charge in [-0.05, 0) is 17.7 Å². The van der Waals surface area contributed by atoms with Crippen molar-refractivity contribution in [2.45, 2.75) is 5.92 Å². The average Bonchev–Trinajstić information content (AvgIpc) is 2.65. The van der Waals surface area contributed by atoms with Crippen LogP contribution in [0.25, 0.3) is 0 Å². The summed E-state index contributed by atoms with van der Waals surface area (Å²) in [6.07, 6.45) is 0. The molecule has 2 rings (SSSR count). The number of aliphatic carboxylic acids is 1. The number of hydrogen-bond donors (Lipinski definition) is 2. The second-order valence-electron chi connectivity index (χ2n) is 3.76. The number of halogens is 1. The molecule has 0 aromatic heterocycles. The molecule has 15 heavy (non-hydrogen) atoms. The zero-order valence-electron chi connectivity index (χ0n) is 8.11. The van der Waals surface area contributed by atoms with E-state index in [-0.39, 0.29) is 11.7 Å². The fourth-order valence-corrected chi connectivity index (χ4v) is 2.03. The molecule has 1 heterocycles. The van der Waals surface area contributed by atoms with Crippen LogP contribution in [-0.2, 0) is 4.79 Å². The van der Waals surface area contributed by atoms with Crippen LogP contribution >= 0.6 is 0 Å². The molecule has 0 bridgehead atoms. The average molecular weight is 209 g/mol. The highest BCUT2D eigenvalue weighted by molar-refractivity contribution is 5.72. The molecule has 0 spiro atoms. The second-order valence-corrected chi connectivity index (χ2v) is 3.76. The molecule has 1 fully saturated rings. The maximum atomic E-state index is 13.0. The van der Waals surface area contributed by atoms with Gasteiger partial charge < -0.3 is 10.4 Å². The van der Waals surface area contributed by atoms with Crippen LogP contribution in [0, 0.1) is 11.7 Å². The van der Waals surface area contributed by atoms with Crippen molar-refractivity contribution in [2.24, 2.45) is 5.92 Å². The molecular weight excluding hydrogens is 197 g/mol. The van der Waals surface area contributed by atoms with E-state index in [9.17, 15) is 9.18 Å². The fraction of sp³-hybridized carbons (Fsp3) is 0.364. The molecule has 1 saturated heterocycles. The van der Waals surface area contributed by atoms with Crippen molar-refractivity contribution in [1.29, 1.82) is 0 Å². The lowest BCUT2D eigenvalue weighted by Gasteiger charge is -2.14. The third kappa shape index (κ3) is 1.99. The van der Waals surface area contributed by atoms with Crippen LogP contribution < -0.4 is 5.32 Å². The van der Waals surface area contributed by atoms with Gasteiger partial charge in [-0.25, -0.2) is 4.39 Å². The minimum absolute atomic E-state index is 0.127. The van der Waals surface area contributed by atoms with E-state index in [0.29, 0.717) is 13.1 Å². The van der Waals surface area contributed by atoms with Crippen molar-refractivity contribution in [1.82, 2.24) is 5.32 Å². The Morgan fingerprint density at radius 2 is 2.27 bits per heavy atom. The zero-order chi connectivity index (χ0) is 10.8. The van der Waals surface area contributed by atoms with E-state index < -0.39 is 11.9 Å². The normalized spacial score (nSPS) is 25.4. The molecule has 1 aliphatic heterocycles. The topological polar surface area (TPSA) is 49.3 Å². The van der Waals surface area contributed by atoms with E-state index in [1.165, 1.54) is 12.1 Å². The van der Waals surface area contributed by atoms with Crippen molar-refractivity contribution in [3.8, 4) is 0 Å². The van der Waals surface area contributed by atoms with E-state index in [4.69, 9.17) is 5.11 Å². The van der Waals surface area contributed by atoms with Gasteiger partial charge in [0.1, 0.15) is 5.82 Å². The predicted molar refractivity (Wildman–Crippen MR) is 53.1 cm³/mol. The number of carboxylic acids is 1. The Labute approximate surface area is 86.9 Å². The summed E-state index contributed by atoms with van der Waals surface area (Å²) in [4.78, 5) is 10.9. The Kier molecular flexibility index (Phi) is 2.68. The van der Waals surface area contributed by atoms with Crippen LogP contribution in [0.3, 0.4) is 0 Å². The molecule has 0 saturated carbocycles. The van der Waals surface area contributed by atoms with Gasteiger partial charge in [0.25, 0.3) is 0 Å². The Hall–Kier alpha value is -1.42. The minimum Gasteiger partial charge on any atom is -0.481 e. The van der Waals surface area contributed by atoms with Crippen molar-refractivity contribution >= 4 is 5.97 Å². The molecule has 0 unspecified atom stereocenters. The van der Waals surface area contributed by atoms with E-state index in [1.807, 2.05) is 0 Å². The highest BCUT2D eigenvalue weighted by Crippen LogP contribution is 2.28. The largest absolute Gasteiger partial charge is 0.481 e. The molecule has 0 amide bonds. The summed E-state index contributed by atoms with van der Waals surface area (Å²) in [5, 5.41) is 12.0.